The van der Waals surface area contributed by atoms with Crippen molar-refractivity contribution in [2.75, 3.05) is 13.2 Å². The first-order valence-electron chi connectivity index (χ1n) is 6.80. The van der Waals surface area contributed by atoms with Gasteiger partial charge in [0, 0.05) is 12.1 Å². The number of benzene rings is 1. The third kappa shape index (κ3) is 5.30. The van der Waals surface area contributed by atoms with Crippen LogP contribution in [-0.2, 0) is 4.79 Å². The first-order chi connectivity index (χ1) is 9.95. The summed E-state index contributed by atoms with van der Waals surface area (Å²) in [6, 6.07) is 6.66. The van der Waals surface area contributed by atoms with Gasteiger partial charge in [-0.05, 0) is 30.2 Å². The van der Waals surface area contributed by atoms with E-state index in [4.69, 9.17) is 9.84 Å². The molecule has 1 rings (SSSR count). The molecule has 0 aliphatic heterocycles. The van der Waals surface area contributed by atoms with Crippen LogP contribution in [0.2, 0.25) is 0 Å². The minimum absolute atomic E-state index is 0.0440. The van der Waals surface area contributed by atoms with Crippen molar-refractivity contribution in [3.8, 4) is 5.75 Å². The maximum atomic E-state index is 12.0. The molecule has 1 aromatic rings. The summed E-state index contributed by atoms with van der Waals surface area (Å²) in [4.78, 5) is 23.0. The van der Waals surface area contributed by atoms with E-state index in [1.54, 1.807) is 30.3 Å². The molecule has 0 bridgehead atoms. The highest BCUT2D eigenvalue weighted by molar-refractivity contribution is 5.94. The minimum Gasteiger partial charge on any atom is -0.490 e. The van der Waals surface area contributed by atoms with Crippen molar-refractivity contribution in [3.05, 3.63) is 42.5 Å². The number of carboxylic acid groups (broad SMARTS) is 1. The summed E-state index contributed by atoms with van der Waals surface area (Å²) < 4.78 is 5.32. The molecule has 1 unspecified atom stereocenters. The molecule has 2 N–H and O–H groups in total. The normalized spacial score (nSPS) is 11.8. The van der Waals surface area contributed by atoms with Gasteiger partial charge in [0.05, 0.1) is 5.92 Å². The van der Waals surface area contributed by atoms with Gasteiger partial charge in [-0.25, -0.2) is 0 Å². The van der Waals surface area contributed by atoms with E-state index in [2.05, 4.69) is 11.9 Å². The molecule has 1 amide bonds. The fraction of sp³-hybridized carbons (Fsp3) is 0.375. The average molecular weight is 291 g/mol. The summed E-state index contributed by atoms with van der Waals surface area (Å²) in [6.45, 7) is 7.70. The van der Waals surface area contributed by atoms with Gasteiger partial charge in [0.1, 0.15) is 12.4 Å². The van der Waals surface area contributed by atoms with Gasteiger partial charge >= 0.3 is 5.97 Å². The monoisotopic (exact) mass is 291 g/mol. The smallest absolute Gasteiger partial charge is 0.308 e. The molecule has 0 aliphatic rings. The Hall–Kier alpha value is -2.30. The summed E-state index contributed by atoms with van der Waals surface area (Å²) >= 11 is 0. The van der Waals surface area contributed by atoms with E-state index >= 15 is 0 Å². The zero-order chi connectivity index (χ0) is 15.8. The molecule has 0 aliphatic carbocycles. The van der Waals surface area contributed by atoms with Crippen LogP contribution in [0.1, 0.15) is 24.2 Å². The van der Waals surface area contributed by atoms with Crippen molar-refractivity contribution in [1.29, 1.82) is 0 Å². The number of aliphatic carboxylic acids is 1. The zero-order valence-electron chi connectivity index (χ0n) is 12.3. The molecule has 0 heterocycles. The highest BCUT2D eigenvalue weighted by atomic mass is 16.5. The van der Waals surface area contributed by atoms with Crippen LogP contribution >= 0.6 is 0 Å². The van der Waals surface area contributed by atoms with Gasteiger partial charge in [0.2, 0.25) is 0 Å². The maximum Gasteiger partial charge on any atom is 0.308 e. The predicted molar refractivity (Wildman–Crippen MR) is 80.4 cm³/mol. The Morgan fingerprint density at radius 3 is 2.43 bits per heavy atom. The molecule has 0 aromatic heterocycles. The van der Waals surface area contributed by atoms with Crippen LogP contribution in [0.25, 0.3) is 0 Å². The Labute approximate surface area is 124 Å². The van der Waals surface area contributed by atoms with Crippen LogP contribution in [0.15, 0.2) is 36.9 Å². The topological polar surface area (TPSA) is 75.6 Å². The van der Waals surface area contributed by atoms with Gasteiger partial charge < -0.3 is 15.2 Å². The molecule has 0 radical (unpaired) electrons. The molecule has 0 spiro atoms. The number of hydrogen-bond acceptors (Lipinski definition) is 3. The van der Waals surface area contributed by atoms with E-state index in [9.17, 15) is 9.59 Å². The first kappa shape index (κ1) is 16.8. The summed E-state index contributed by atoms with van der Waals surface area (Å²) in [5.74, 6) is -1.19. The summed E-state index contributed by atoms with van der Waals surface area (Å²) in [5, 5.41) is 11.7. The number of carboxylic acids is 1. The molecule has 5 heteroatoms. The molecule has 0 saturated carbocycles. The fourth-order valence-corrected chi connectivity index (χ4v) is 1.77. The van der Waals surface area contributed by atoms with Gasteiger partial charge in [-0.2, -0.15) is 0 Å². The van der Waals surface area contributed by atoms with Crippen LogP contribution in [0.4, 0.5) is 0 Å². The van der Waals surface area contributed by atoms with E-state index in [0.29, 0.717) is 17.9 Å². The Morgan fingerprint density at radius 2 is 1.95 bits per heavy atom. The standard InChI is InChI=1S/C16H21NO4/c1-4-9-21-13-7-5-12(6-8-13)15(18)17-10-14(11(2)3)16(19)20/h4-8,11,14H,1,9-10H2,2-3H3,(H,17,18)(H,19,20). The quantitative estimate of drug-likeness (QED) is 0.721. The molecular formula is C16H21NO4. The van der Waals surface area contributed by atoms with Gasteiger partial charge in [-0.3, -0.25) is 9.59 Å². The Bertz CT molecular complexity index is 494. The summed E-state index contributed by atoms with van der Waals surface area (Å²) in [6.07, 6.45) is 1.64. The largest absolute Gasteiger partial charge is 0.490 e. The molecule has 21 heavy (non-hydrogen) atoms. The predicted octanol–water partition coefficient (Wildman–Crippen LogP) is 2.34. The lowest BCUT2D eigenvalue weighted by molar-refractivity contribution is -0.142. The van der Waals surface area contributed by atoms with E-state index in [1.807, 2.05) is 13.8 Å². The van der Waals surface area contributed by atoms with Crippen molar-refractivity contribution in [2.24, 2.45) is 11.8 Å². The lowest BCUT2D eigenvalue weighted by Crippen LogP contribution is -2.35. The maximum absolute atomic E-state index is 12.0. The number of carbonyl (C=O) groups excluding carboxylic acids is 1. The number of amides is 1. The van der Waals surface area contributed by atoms with Crippen molar-refractivity contribution in [2.45, 2.75) is 13.8 Å². The van der Waals surface area contributed by atoms with E-state index in [0.717, 1.165) is 0 Å². The van der Waals surface area contributed by atoms with Crippen molar-refractivity contribution >= 4 is 11.9 Å². The van der Waals surface area contributed by atoms with Crippen LogP contribution in [0, 0.1) is 11.8 Å². The number of rotatable bonds is 8. The highest BCUT2D eigenvalue weighted by Gasteiger charge is 2.22. The second-order valence-electron chi connectivity index (χ2n) is 5.02. The molecule has 1 atom stereocenters. The van der Waals surface area contributed by atoms with Crippen molar-refractivity contribution in [3.63, 3.8) is 0 Å². The van der Waals surface area contributed by atoms with Crippen LogP contribution in [0.5, 0.6) is 5.75 Å². The SMILES string of the molecule is C=CCOc1ccc(C(=O)NCC(C(=O)O)C(C)C)cc1. The lowest BCUT2D eigenvalue weighted by Gasteiger charge is -2.16. The molecule has 0 fully saturated rings. The summed E-state index contributed by atoms with van der Waals surface area (Å²) in [5.41, 5.74) is 0.467. The molecular weight excluding hydrogens is 270 g/mol. The fourth-order valence-electron chi connectivity index (χ4n) is 1.77. The van der Waals surface area contributed by atoms with E-state index in [-0.39, 0.29) is 18.4 Å². The lowest BCUT2D eigenvalue weighted by atomic mass is 9.96. The second kappa shape index (κ2) is 8.09. The second-order valence-corrected chi connectivity index (χ2v) is 5.02. The van der Waals surface area contributed by atoms with Gasteiger partial charge in [0.25, 0.3) is 5.91 Å². The Balaban J connectivity index is 2.59. The van der Waals surface area contributed by atoms with Gasteiger partial charge in [0.15, 0.2) is 0 Å². The van der Waals surface area contributed by atoms with Crippen LogP contribution in [-0.4, -0.2) is 30.1 Å². The summed E-state index contributed by atoms with van der Waals surface area (Å²) in [7, 11) is 0. The zero-order valence-corrected chi connectivity index (χ0v) is 12.3. The van der Waals surface area contributed by atoms with Crippen molar-refractivity contribution < 1.29 is 19.4 Å². The van der Waals surface area contributed by atoms with Gasteiger partial charge in [-0.1, -0.05) is 26.5 Å². The Morgan fingerprint density at radius 1 is 1.33 bits per heavy atom. The third-order valence-electron chi connectivity index (χ3n) is 3.09. The molecule has 114 valence electrons. The number of hydrogen-bond donors (Lipinski definition) is 2. The Kier molecular flexibility index (Phi) is 6.46. The molecule has 0 saturated heterocycles. The number of ether oxygens (including phenoxy) is 1. The van der Waals surface area contributed by atoms with Gasteiger partial charge in [-0.15, -0.1) is 0 Å². The first-order valence-corrected chi connectivity index (χ1v) is 6.80. The molecule has 5 nitrogen and oxygen atoms in total. The van der Waals surface area contributed by atoms with E-state index < -0.39 is 11.9 Å². The van der Waals surface area contributed by atoms with Crippen LogP contribution in [0.3, 0.4) is 0 Å². The molecule has 1 aromatic carbocycles. The van der Waals surface area contributed by atoms with E-state index in [1.165, 1.54) is 0 Å². The number of nitrogens with one attached hydrogen (secondary N) is 1. The number of carbonyl (C=O) groups is 2. The third-order valence-corrected chi connectivity index (χ3v) is 3.09. The average Bonchev–Trinajstić information content (AvgIpc) is 2.44. The van der Waals surface area contributed by atoms with Crippen molar-refractivity contribution in [1.82, 2.24) is 5.32 Å². The minimum atomic E-state index is -0.904. The van der Waals surface area contributed by atoms with Crippen LogP contribution < -0.4 is 10.1 Å². The highest BCUT2D eigenvalue weighted by Crippen LogP contribution is 2.13.